The van der Waals surface area contributed by atoms with Crippen LogP contribution in [0.15, 0.2) is 24.3 Å². The van der Waals surface area contributed by atoms with Gasteiger partial charge in [0, 0.05) is 13.0 Å². The Kier molecular flexibility index (Phi) is 3.88. The SMILES string of the molecule is CCNCC(O)Cc1nc2ccccc2s1. The number of nitrogens with zero attached hydrogens (tertiary/aromatic N) is 1. The van der Waals surface area contributed by atoms with Gasteiger partial charge in [-0.1, -0.05) is 19.1 Å². The zero-order valence-corrected chi connectivity index (χ0v) is 10.1. The molecule has 1 aromatic carbocycles. The molecular weight excluding hydrogens is 220 g/mol. The van der Waals surface area contributed by atoms with E-state index in [4.69, 9.17) is 0 Å². The van der Waals surface area contributed by atoms with Gasteiger partial charge in [0.05, 0.1) is 21.3 Å². The number of aliphatic hydroxyl groups is 1. The van der Waals surface area contributed by atoms with Crippen LogP contribution >= 0.6 is 11.3 Å². The summed E-state index contributed by atoms with van der Waals surface area (Å²) >= 11 is 1.66. The molecule has 86 valence electrons. The standard InChI is InChI=1S/C12H16N2OS/c1-2-13-8-9(15)7-12-14-10-5-3-4-6-11(10)16-12/h3-6,9,13,15H,2,7-8H2,1H3. The Morgan fingerprint density at radius 2 is 2.25 bits per heavy atom. The molecule has 0 aliphatic heterocycles. The largest absolute Gasteiger partial charge is 0.391 e. The maximum Gasteiger partial charge on any atom is 0.0964 e. The number of aromatic nitrogens is 1. The highest BCUT2D eigenvalue weighted by Gasteiger charge is 2.09. The number of rotatable bonds is 5. The van der Waals surface area contributed by atoms with Crippen LogP contribution in [-0.2, 0) is 6.42 Å². The number of aliphatic hydroxyl groups excluding tert-OH is 1. The van der Waals surface area contributed by atoms with Crippen LogP contribution in [0, 0.1) is 0 Å². The van der Waals surface area contributed by atoms with Gasteiger partial charge in [-0.15, -0.1) is 11.3 Å². The molecule has 0 radical (unpaired) electrons. The molecule has 0 saturated heterocycles. The summed E-state index contributed by atoms with van der Waals surface area (Å²) in [6.45, 7) is 3.55. The Labute approximate surface area is 99.1 Å². The molecule has 1 aromatic heterocycles. The minimum atomic E-state index is -0.347. The molecular formula is C12H16N2OS. The first-order chi connectivity index (χ1) is 7.79. The van der Waals surface area contributed by atoms with Crippen LogP contribution in [0.4, 0.5) is 0 Å². The maximum absolute atomic E-state index is 9.76. The van der Waals surface area contributed by atoms with Crippen LogP contribution in [-0.4, -0.2) is 29.3 Å². The molecule has 16 heavy (non-hydrogen) atoms. The molecule has 2 N–H and O–H groups in total. The molecule has 0 amide bonds. The van der Waals surface area contributed by atoms with Crippen LogP contribution < -0.4 is 5.32 Å². The average Bonchev–Trinajstić information content (AvgIpc) is 2.68. The second-order valence-electron chi connectivity index (χ2n) is 3.74. The fourth-order valence-electron chi connectivity index (χ4n) is 1.59. The highest BCUT2D eigenvalue weighted by molar-refractivity contribution is 7.18. The third kappa shape index (κ3) is 2.78. The van der Waals surface area contributed by atoms with Gasteiger partial charge in [0.2, 0.25) is 0 Å². The molecule has 2 rings (SSSR count). The first-order valence-corrected chi connectivity index (χ1v) is 6.34. The summed E-state index contributed by atoms with van der Waals surface area (Å²) in [5, 5.41) is 13.9. The van der Waals surface area contributed by atoms with Crippen molar-refractivity contribution in [1.29, 1.82) is 0 Å². The lowest BCUT2D eigenvalue weighted by molar-refractivity contribution is 0.172. The molecule has 1 unspecified atom stereocenters. The van der Waals surface area contributed by atoms with Crippen LogP contribution in [0.2, 0.25) is 0 Å². The number of likely N-dealkylation sites (N-methyl/N-ethyl adjacent to an activating group) is 1. The van der Waals surface area contributed by atoms with Gasteiger partial charge in [0.1, 0.15) is 0 Å². The van der Waals surface area contributed by atoms with Gasteiger partial charge in [0.25, 0.3) is 0 Å². The Hall–Kier alpha value is -0.970. The number of fused-ring (bicyclic) bond motifs is 1. The summed E-state index contributed by atoms with van der Waals surface area (Å²) in [6, 6.07) is 8.07. The van der Waals surface area contributed by atoms with Crippen molar-refractivity contribution in [3.63, 3.8) is 0 Å². The third-order valence-electron chi connectivity index (χ3n) is 2.38. The van der Waals surface area contributed by atoms with Gasteiger partial charge in [-0.3, -0.25) is 0 Å². The Morgan fingerprint density at radius 1 is 1.44 bits per heavy atom. The average molecular weight is 236 g/mol. The van der Waals surface area contributed by atoms with Gasteiger partial charge in [-0.25, -0.2) is 4.98 Å². The quantitative estimate of drug-likeness (QED) is 0.832. The minimum absolute atomic E-state index is 0.347. The van der Waals surface area contributed by atoms with Gasteiger partial charge >= 0.3 is 0 Å². The number of hydrogen-bond donors (Lipinski definition) is 2. The molecule has 4 heteroatoms. The summed E-state index contributed by atoms with van der Waals surface area (Å²) in [6.07, 6.45) is 0.285. The molecule has 0 bridgehead atoms. The second kappa shape index (κ2) is 5.39. The normalized spacial score (nSPS) is 13.1. The van der Waals surface area contributed by atoms with Gasteiger partial charge in [-0.05, 0) is 18.7 Å². The van der Waals surface area contributed by atoms with Crippen molar-refractivity contribution >= 4 is 21.6 Å². The molecule has 0 aliphatic rings. The Bertz CT molecular complexity index is 422. The molecule has 3 nitrogen and oxygen atoms in total. The summed E-state index contributed by atoms with van der Waals surface area (Å²) in [5.74, 6) is 0. The van der Waals surface area contributed by atoms with Crippen LogP contribution in [0.25, 0.3) is 10.2 Å². The smallest absolute Gasteiger partial charge is 0.0964 e. The van der Waals surface area contributed by atoms with E-state index < -0.39 is 0 Å². The summed E-state index contributed by atoms with van der Waals surface area (Å²) in [7, 11) is 0. The third-order valence-corrected chi connectivity index (χ3v) is 3.44. The van der Waals surface area contributed by atoms with Crippen molar-refractivity contribution in [2.45, 2.75) is 19.4 Å². The van der Waals surface area contributed by atoms with Gasteiger partial charge in [0.15, 0.2) is 0 Å². The van der Waals surface area contributed by atoms with Crippen molar-refractivity contribution in [2.75, 3.05) is 13.1 Å². The highest BCUT2D eigenvalue weighted by atomic mass is 32.1. The highest BCUT2D eigenvalue weighted by Crippen LogP contribution is 2.22. The first kappa shape index (κ1) is 11.5. The number of hydrogen-bond acceptors (Lipinski definition) is 4. The second-order valence-corrected chi connectivity index (χ2v) is 4.86. The van der Waals surface area contributed by atoms with E-state index in [1.807, 2.05) is 25.1 Å². The van der Waals surface area contributed by atoms with E-state index in [1.54, 1.807) is 11.3 Å². The van der Waals surface area contributed by atoms with Crippen molar-refractivity contribution in [3.05, 3.63) is 29.3 Å². The zero-order chi connectivity index (χ0) is 11.4. The lowest BCUT2D eigenvalue weighted by Gasteiger charge is -2.08. The summed E-state index contributed by atoms with van der Waals surface area (Å²) in [4.78, 5) is 4.49. The molecule has 0 aliphatic carbocycles. The molecule has 0 fully saturated rings. The number of nitrogens with one attached hydrogen (secondary N) is 1. The predicted molar refractivity (Wildman–Crippen MR) is 67.9 cm³/mol. The fraction of sp³-hybridized carbons (Fsp3) is 0.417. The molecule has 1 atom stereocenters. The van der Waals surface area contributed by atoms with Gasteiger partial charge in [-0.2, -0.15) is 0 Å². The molecule has 2 aromatic rings. The van der Waals surface area contributed by atoms with Crippen LogP contribution in [0.5, 0.6) is 0 Å². The Balaban J connectivity index is 2.03. The predicted octanol–water partition coefficient (Wildman–Crippen LogP) is 1.81. The Morgan fingerprint density at radius 3 is 3.00 bits per heavy atom. The van der Waals surface area contributed by atoms with Crippen molar-refractivity contribution in [2.24, 2.45) is 0 Å². The van der Waals surface area contributed by atoms with E-state index in [0.717, 1.165) is 17.1 Å². The number of benzene rings is 1. The van der Waals surface area contributed by atoms with Crippen molar-refractivity contribution in [1.82, 2.24) is 10.3 Å². The molecule has 0 spiro atoms. The minimum Gasteiger partial charge on any atom is -0.391 e. The van der Waals surface area contributed by atoms with E-state index in [-0.39, 0.29) is 6.10 Å². The lowest BCUT2D eigenvalue weighted by atomic mass is 10.2. The van der Waals surface area contributed by atoms with E-state index in [0.29, 0.717) is 13.0 Å². The van der Waals surface area contributed by atoms with E-state index in [1.165, 1.54) is 4.70 Å². The first-order valence-electron chi connectivity index (χ1n) is 5.53. The maximum atomic E-state index is 9.76. The van der Waals surface area contributed by atoms with Crippen molar-refractivity contribution < 1.29 is 5.11 Å². The number of para-hydroxylation sites is 1. The van der Waals surface area contributed by atoms with Gasteiger partial charge < -0.3 is 10.4 Å². The van der Waals surface area contributed by atoms with E-state index in [9.17, 15) is 5.11 Å². The van der Waals surface area contributed by atoms with Crippen LogP contribution in [0.1, 0.15) is 11.9 Å². The fourth-order valence-corrected chi connectivity index (χ4v) is 2.63. The topological polar surface area (TPSA) is 45.1 Å². The monoisotopic (exact) mass is 236 g/mol. The number of thiazole rings is 1. The summed E-state index contributed by atoms with van der Waals surface area (Å²) in [5.41, 5.74) is 1.03. The lowest BCUT2D eigenvalue weighted by Crippen LogP contribution is -2.28. The molecule has 1 heterocycles. The van der Waals surface area contributed by atoms with E-state index in [2.05, 4.69) is 16.4 Å². The zero-order valence-electron chi connectivity index (χ0n) is 9.31. The summed E-state index contributed by atoms with van der Waals surface area (Å²) < 4.78 is 1.19. The van der Waals surface area contributed by atoms with E-state index >= 15 is 0 Å². The molecule has 0 saturated carbocycles. The van der Waals surface area contributed by atoms with Crippen molar-refractivity contribution in [3.8, 4) is 0 Å². The van der Waals surface area contributed by atoms with Crippen LogP contribution in [0.3, 0.4) is 0 Å².